The number of rotatable bonds is 7. The molecule has 28 heavy (non-hydrogen) atoms. The van der Waals surface area contributed by atoms with Crippen molar-refractivity contribution in [1.29, 1.82) is 0 Å². The van der Waals surface area contributed by atoms with E-state index in [9.17, 15) is 0 Å². The Morgan fingerprint density at radius 1 is 0.714 bits per heavy atom. The van der Waals surface area contributed by atoms with Gasteiger partial charge in [-0.1, -0.05) is 85.9 Å². The van der Waals surface area contributed by atoms with Crippen LogP contribution in [-0.4, -0.2) is 6.16 Å². The Morgan fingerprint density at radius 2 is 1.18 bits per heavy atom. The zero-order chi connectivity index (χ0) is 19.5. The molecule has 1 heteroatoms. The van der Waals surface area contributed by atoms with Crippen molar-refractivity contribution in [2.45, 2.75) is 26.2 Å². The van der Waals surface area contributed by atoms with Crippen molar-refractivity contribution in [2.24, 2.45) is 0 Å². The van der Waals surface area contributed by atoms with Gasteiger partial charge in [0.05, 0.1) is 6.16 Å². The highest BCUT2D eigenvalue weighted by Gasteiger charge is 2.44. The largest absolute Gasteiger partial charge is 0.113 e. The lowest BCUT2D eigenvalue weighted by Gasteiger charge is -2.27. The van der Waals surface area contributed by atoms with Gasteiger partial charge in [-0.3, -0.25) is 0 Å². The van der Waals surface area contributed by atoms with E-state index in [2.05, 4.69) is 116 Å². The predicted molar refractivity (Wildman–Crippen MR) is 126 cm³/mol. The summed E-state index contributed by atoms with van der Waals surface area (Å²) in [6.45, 7) is 2.19. The molecular formula is C27H28P+. The summed E-state index contributed by atoms with van der Waals surface area (Å²) in [7, 11) is -1.74. The molecule has 0 N–H and O–H groups in total. The predicted octanol–water partition coefficient (Wildman–Crippen LogP) is 5.73. The third kappa shape index (κ3) is 4.81. The molecule has 140 valence electrons. The molecule has 3 aromatic rings. The second-order valence-corrected chi connectivity index (χ2v) is 10.4. The molecule has 3 aromatic carbocycles. The minimum atomic E-state index is -1.74. The van der Waals surface area contributed by atoms with Crippen LogP contribution in [-0.2, 0) is 0 Å². The molecule has 0 spiro atoms. The maximum absolute atomic E-state index is 3.40. The standard InChI is InChI=1S/C27H28P/c1-2-3-4-5-6-7-17-24-28(25-18-11-8-12-19-25,26-20-13-9-14-21-26)27-22-15-10-16-23-27/h4-5,8-16,18-23H,2-3,17,24H2,1H3/q+1/b5-4-. The molecule has 0 atom stereocenters. The van der Waals surface area contributed by atoms with Crippen LogP contribution in [0.4, 0.5) is 0 Å². The third-order valence-corrected chi connectivity index (χ3v) is 9.36. The van der Waals surface area contributed by atoms with Gasteiger partial charge in [-0.25, -0.2) is 0 Å². The van der Waals surface area contributed by atoms with Crippen molar-refractivity contribution in [3.05, 3.63) is 103 Å². The molecule has 0 bridgehead atoms. The maximum atomic E-state index is 3.40. The topological polar surface area (TPSA) is 0 Å². The minimum Gasteiger partial charge on any atom is -0.0947 e. The summed E-state index contributed by atoms with van der Waals surface area (Å²) in [5, 5.41) is 4.28. The Bertz CT molecular complexity index is 819. The molecular weight excluding hydrogens is 355 g/mol. The highest BCUT2D eigenvalue weighted by Crippen LogP contribution is 2.55. The zero-order valence-corrected chi connectivity index (χ0v) is 17.5. The summed E-state index contributed by atoms with van der Waals surface area (Å²) in [5.41, 5.74) is 0. The van der Waals surface area contributed by atoms with Gasteiger partial charge in [0.2, 0.25) is 0 Å². The molecule has 3 rings (SSSR count). The van der Waals surface area contributed by atoms with Gasteiger partial charge in [-0.2, -0.15) is 0 Å². The van der Waals surface area contributed by atoms with Crippen LogP contribution in [0.1, 0.15) is 26.2 Å². The average Bonchev–Trinajstić information content (AvgIpc) is 2.78. The first-order chi connectivity index (χ1) is 13.9. The number of unbranched alkanes of at least 4 members (excludes halogenated alkanes) is 1. The quantitative estimate of drug-likeness (QED) is 0.361. The fourth-order valence-electron chi connectivity index (χ4n) is 3.55. The molecule has 0 aliphatic carbocycles. The Hall–Kier alpha value is -2.61. The molecule has 0 nitrogen and oxygen atoms in total. The van der Waals surface area contributed by atoms with Crippen LogP contribution < -0.4 is 15.9 Å². The number of hydrogen-bond donors (Lipinski definition) is 0. The van der Waals surface area contributed by atoms with E-state index >= 15 is 0 Å². The highest BCUT2D eigenvalue weighted by atomic mass is 31.2. The van der Waals surface area contributed by atoms with Crippen molar-refractivity contribution in [1.82, 2.24) is 0 Å². The Kier molecular flexibility index (Phi) is 7.66. The molecule has 0 amide bonds. The normalized spacial score (nSPS) is 11.2. The summed E-state index contributed by atoms with van der Waals surface area (Å²) in [6.07, 6.45) is 8.40. The fourth-order valence-corrected chi connectivity index (χ4v) is 7.71. The van der Waals surface area contributed by atoms with Gasteiger partial charge in [0.15, 0.2) is 0 Å². The Balaban J connectivity index is 2.04. The first kappa shape index (κ1) is 20.1. The van der Waals surface area contributed by atoms with E-state index in [1.165, 1.54) is 22.3 Å². The van der Waals surface area contributed by atoms with Crippen molar-refractivity contribution in [2.75, 3.05) is 6.16 Å². The molecule has 0 heterocycles. The molecule has 0 fully saturated rings. The zero-order valence-electron chi connectivity index (χ0n) is 16.6. The van der Waals surface area contributed by atoms with Crippen LogP contribution in [0.3, 0.4) is 0 Å². The van der Waals surface area contributed by atoms with Crippen molar-refractivity contribution >= 4 is 23.2 Å². The van der Waals surface area contributed by atoms with E-state index in [1.807, 2.05) is 6.08 Å². The van der Waals surface area contributed by atoms with Gasteiger partial charge in [0.25, 0.3) is 0 Å². The van der Waals surface area contributed by atoms with Gasteiger partial charge in [-0.15, -0.1) is 0 Å². The molecule has 0 saturated heterocycles. The van der Waals surface area contributed by atoms with Crippen molar-refractivity contribution in [3.8, 4) is 11.8 Å². The molecule has 0 unspecified atom stereocenters. The highest BCUT2D eigenvalue weighted by molar-refractivity contribution is 7.95. The van der Waals surface area contributed by atoms with E-state index in [4.69, 9.17) is 0 Å². The van der Waals surface area contributed by atoms with E-state index in [0.29, 0.717) is 0 Å². The van der Waals surface area contributed by atoms with E-state index in [0.717, 1.165) is 19.0 Å². The lowest BCUT2D eigenvalue weighted by atomic mass is 10.3. The molecule has 0 aliphatic rings. The number of hydrogen-bond acceptors (Lipinski definition) is 0. The van der Waals surface area contributed by atoms with Crippen LogP contribution in [0, 0.1) is 11.8 Å². The Morgan fingerprint density at radius 3 is 1.61 bits per heavy atom. The van der Waals surface area contributed by atoms with Crippen LogP contribution in [0.5, 0.6) is 0 Å². The minimum absolute atomic E-state index is 0.892. The smallest absolute Gasteiger partial charge is 0.0947 e. The van der Waals surface area contributed by atoms with Crippen LogP contribution in [0.15, 0.2) is 103 Å². The van der Waals surface area contributed by atoms with Crippen molar-refractivity contribution in [3.63, 3.8) is 0 Å². The van der Waals surface area contributed by atoms with Crippen LogP contribution >= 0.6 is 7.26 Å². The number of allylic oxidation sites excluding steroid dienone is 2. The lowest BCUT2D eigenvalue weighted by molar-refractivity contribution is 0.959. The van der Waals surface area contributed by atoms with Crippen LogP contribution in [0.2, 0.25) is 0 Å². The lowest BCUT2D eigenvalue weighted by Crippen LogP contribution is -2.33. The average molecular weight is 383 g/mol. The van der Waals surface area contributed by atoms with Crippen LogP contribution in [0.25, 0.3) is 0 Å². The van der Waals surface area contributed by atoms with E-state index in [1.54, 1.807) is 0 Å². The SMILES string of the molecule is CCC/C=C\C#CCC[P+](c1ccccc1)(c1ccccc1)c1ccccc1. The number of benzene rings is 3. The molecule has 0 radical (unpaired) electrons. The summed E-state index contributed by atoms with van der Waals surface area (Å²) in [4.78, 5) is 0. The summed E-state index contributed by atoms with van der Waals surface area (Å²) >= 11 is 0. The molecule has 0 aliphatic heterocycles. The monoisotopic (exact) mass is 383 g/mol. The second-order valence-electron chi connectivity index (χ2n) is 6.80. The van der Waals surface area contributed by atoms with Gasteiger partial charge in [0.1, 0.15) is 23.2 Å². The first-order valence-corrected chi connectivity index (χ1v) is 12.0. The third-order valence-electron chi connectivity index (χ3n) is 4.92. The summed E-state index contributed by atoms with van der Waals surface area (Å²) in [5.74, 6) is 6.63. The van der Waals surface area contributed by atoms with Gasteiger partial charge in [0, 0.05) is 6.42 Å². The second kappa shape index (κ2) is 10.7. The van der Waals surface area contributed by atoms with E-state index < -0.39 is 7.26 Å². The summed E-state index contributed by atoms with van der Waals surface area (Å²) < 4.78 is 0. The first-order valence-electron chi connectivity index (χ1n) is 10.1. The van der Waals surface area contributed by atoms with Gasteiger partial charge in [-0.05, 0) is 48.9 Å². The molecule has 0 aromatic heterocycles. The Labute approximate surface area is 170 Å². The van der Waals surface area contributed by atoms with Gasteiger partial charge < -0.3 is 0 Å². The fraction of sp³-hybridized carbons (Fsp3) is 0.185. The summed E-state index contributed by atoms with van der Waals surface area (Å²) in [6, 6.07) is 33.0. The van der Waals surface area contributed by atoms with Gasteiger partial charge >= 0.3 is 0 Å². The van der Waals surface area contributed by atoms with Crippen molar-refractivity contribution < 1.29 is 0 Å². The maximum Gasteiger partial charge on any atom is 0.113 e. The van der Waals surface area contributed by atoms with E-state index in [-0.39, 0.29) is 0 Å². The molecule has 0 saturated carbocycles.